The molecule has 2 heterocycles. The number of aromatic amines is 1. The number of likely N-dealkylation sites (tertiary alicyclic amines) is 1. The average Bonchev–Trinajstić information content (AvgIpc) is 3.41. The smallest absolute Gasteiger partial charge is 0.387 e. The topological polar surface area (TPSA) is 95.2 Å². The molecule has 4 rings (SSSR count). The molecule has 4 N–H and O–H groups in total. The lowest BCUT2D eigenvalue weighted by Crippen LogP contribution is -2.30. The van der Waals surface area contributed by atoms with E-state index in [0.29, 0.717) is 17.7 Å². The summed E-state index contributed by atoms with van der Waals surface area (Å²) in [5, 5.41) is 8.23. The monoisotopic (exact) mass is 424 g/mol. The second kappa shape index (κ2) is 8.59. The minimum Gasteiger partial charge on any atom is -0.435 e. The van der Waals surface area contributed by atoms with Gasteiger partial charge in [0.2, 0.25) is 0 Å². The first-order chi connectivity index (χ1) is 15.0. The van der Waals surface area contributed by atoms with Crippen molar-refractivity contribution in [1.82, 2.24) is 9.88 Å². The number of hydrogen-bond donors (Lipinski definition) is 3. The summed E-state index contributed by atoms with van der Waals surface area (Å²) in [6.07, 6.45) is 5.80. The van der Waals surface area contributed by atoms with Crippen molar-refractivity contribution in [3.63, 3.8) is 0 Å². The number of allylic oxidation sites excluding steroid dienone is 1. The van der Waals surface area contributed by atoms with E-state index in [9.17, 15) is 13.6 Å². The number of halogens is 2. The van der Waals surface area contributed by atoms with E-state index in [4.69, 9.17) is 11.1 Å². The zero-order chi connectivity index (χ0) is 22.0. The Morgan fingerprint density at radius 2 is 2.13 bits per heavy atom. The fraction of sp³-hybridized carbons (Fsp3) is 0.217. The normalized spacial score (nSPS) is 16.8. The Kier molecular flexibility index (Phi) is 5.70. The first-order valence-electron chi connectivity index (χ1n) is 9.91. The number of nitrogens with one attached hydrogen (secondary N) is 2. The van der Waals surface area contributed by atoms with Gasteiger partial charge >= 0.3 is 6.61 Å². The van der Waals surface area contributed by atoms with Gasteiger partial charge in [-0.1, -0.05) is 24.3 Å². The molecule has 1 aromatic heterocycles. The Labute approximate surface area is 177 Å². The molecule has 1 aliphatic rings. The van der Waals surface area contributed by atoms with Gasteiger partial charge in [-0.25, -0.2) is 0 Å². The molecule has 1 unspecified atom stereocenters. The van der Waals surface area contributed by atoms with E-state index in [2.05, 4.69) is 9.72 Å². The minimum atomic E-state index is -2.89. The molecule has 160 valence electrons. The minimum absolute atomic E-state index is 0.0846. The first kappa shape index (κ1) is 20.6. The molecule has 0 spiro atoms. The van der Waals surface area contributed by atoms with Crippen LogP contribution in [0.1, 0.15) is 40.4 Å². The molecule has 1 atom stereocenters. The molecule has 0 radical (unpaired) electrons. The van der Waals surface area contributed by atoms with Gasteiger partial charge in [-0.3, -0.25) is 4.79 Å². The molecule has 3 aromatic rings. The quantitative estimate of drug-likeness (QED) is 0.501. The fourth-order valence-electron chi connectivity index (χ4n) is 4.12. The number of H-pyrrole nitrogens is 1. The Morgan fingerprint density at radius 1 is 1.29 bits per heavy atom. The summed E-state index contributed by atoms with van der Waals surface area (Å²) in [6, 6.07) is 11.8. The van der Waals surface area contributed by atoms with Crippen LogP contribution in [0.5, 0.6) is 5.75 Å². The third kappa shape index (κ3) is 4.01. The highest BCUT2D eigenvalue weighted by atomic mass is 19.3. The van der Waals surface area contributed by atoms with Crippen LogP contribution in [0.2, 0.25) is 0 Å². The number of carbonyl (C=O) groups excluding carboxylic acids is 1. The summed E-state index contributed by atoms with van der Waals surface area (Å²) in [5.74, 6) is -0.0373. The van der Waals surface area contributed by atoms with Gasteiger partial charge in [0.1, 0.15) is 5.75 Å². The van der Waals surface area contributed by atoms with E-state index < -0.39 is 6.61 Å². The molecule has 31 heavy (non-hydrogen) atoms. The van der Waals surface area contributed by atoms with Gasteiger partial charge in [0.05, 0.1) is 11.6 Å². The number of fused-ring (bicyclic) bond motifs is 1. The number of amides is 1. The Hall–Kier alpha value is -3.68. The van der Waals surface area contributed by atoms with Gasteiger partial charge in [0.15, 0.2) is 0 Å². The predicted molar refractivity (Wildman–Crippen MR) is 115 cm³/mol. The lowest BCUT2D eigenvalue weighted by molar-refractivity contribution is -0.0499. The highest BCUT2D eigenvalue weighted by molar-refractivity contribution is 6.11. The maximum absolute atomic E-state index is 13.4. The zero-order valence-electron chi connectivity index (χ0n) is 16.6. The van der Waals surface area contributed by atoms with E-state index in [0.717, 1.165) is 34.9 Å². The summed E-state index contributed by atoms with van der Waals surface area (Å²) in [4.78, 5) is 18.3. The number of rotatable bonds is 6. The second-order valence-electron chi connectivity index (χ2n) is 7.34. The molecule has 0 bridgehead atoms. The van der Waals surface area contributed by atoms with Crippen molar-refractivity contribution in [3.8, 4) is 5.75 Å². The predicted octanol–water partition coefficient (Wildman–Crippen LogP) is 4.70. The van der Waals surface area contributed by atoms with Gasteiger partial charge in [-0.2, -0.15) is 8.78 Å². The van der Waals surface area contributed by atoms with Crippen LogP contribution < -0.4 is 10.5 Å². The standard InChI is InChI=1S/C23H22F2N4O2/c24-23(25)31-17-4-1-3-15(9-17)21-5-2-8-29(21)22(30)19-13-28-20-10-14(6-7-18(19)20)16(11-26)12-27/h1,3-4,6-7,9-13,21,23,26,28H,2,5,8,27H2/b16-12+,26-11?. The van der Waals surface area contributed by atoms with Crippen molar-refractivity contribution < 1.29 is 18.3 Å². The molecule has 8 heteroatoms. The number of ether oxygens (including phenoxy) is 1. The maximum Gasteiger partial charge on any atom is 0.387 e. The van der Waals surface area contributed by atoms with Crippen LogP contribution in [0.4, 0.5) is 8.78 Å². The van der Waals surface area contributed by atoms with E-state index in [-0.39, 0.29) is 17.7 Å². The molecule has 0 saturated carbocycles. The highest BCUT2D eigenvalue weighted by Gasteiger charge is 2.32. The maximum atomic E-state index is 13.4. The highest BCUT2D eigenvalue weighted by Crippen LogP contribution is 2.36. The molecule has 1 fully saturated rings. The SMILES string of the molecule is N=C/C(=C\N)c1ccc2c(C(=O)N3CCCC3c3cccc(OC(F)F)c3)c[nH]c2c1. The van der Waals surface area contributed by atoms with Crippen molar-refractivity contribution in [3.05, 3.63) is 71.6 Å². The first-order valence-corrected chi connectivity index (χ1v) is 9.91. The van der Waals surface area contributed by atoms with Crippen LogP contribution in [0.3, 0.4) is 0 Å². The summed E-state index contributed by atoms with van der Waals surface area (Å²) in [5.41, 5.74) is 9.01. The van der Waals surface area contributed by atoms with E-state index in [1.54, 1.807) is 23.2 Å². The van der Waals surface area contributed by atoms with Crippen molar-refractivity contribution in [2.24, 2.45) is 5.73 Å². The number of nitrogens with two attached hydrogens (primary N) is 1. The Balaban J connectivity index is 1.63. The number of benzene rings is 2. The number of aromatic nitrogens is 1. The van der Waals surface area contributed by atoms with Crippen molar-refractivity contribution in [2.75, 3.05) is 6.54 Å². The van der Waals surface area contributed by atoms with Crippen molar-refractivity contribution in [1.29, 1.82) is 5.41 Å². The van der Waals surface area contributed by atoms with Gasteiger partial charge in [0, 0.05) is 41.6 Å². The summed E-state index contributed by atoms with van der Waals surface area (Å²) in [7, 11) is 0. The molecule has 0 aliphatic carbocycles. The van der Waals surface area contributed by atoms with E-state index >= 15 is 0 Å². The lowest BCUT2D eigenvalue weighted by Gasteiger charge is -2.25. The fourth-order valence-corrected chi connectivity index (χ4v) is 4.12. The molecule has 2 aromatic carbocycles. The van der Waals surface area contributed by atoms with Gasteiger partial charge in [-0.05, 0) is 42.2 Å². The largest absolute Gasteiger partial charge is 0.435 e. The number of hydrogen-bond acceptors (Lipinski definition) is 4. The van der Waals surface area contributed by atoms with E-state index in [1.807, 2.05) is 24.3 Å². The molecule has 1 amide bonds. The van der Waals surface area contributed by atoms with E-state index in [1.165, 1.54) is 18.5 Å². The van der Waals surface area contributed by atoms with Crippen molar-refractivity contribution >= 4 is 28.6 Å². The summed E-state index contributed by atoms with van der Waals surface area (Å²) >= 11 is 0. The zero-order valence-corrected chi connectivity index (χ0v) is 16.6. The summed E-state index contributed by atoms with van der Waals surface area (Å²) in [6.45, 7) is -2.31. The molecular formula is C23H22F2N4O2. The number of alkyl halides is 2. The van der Waals surface area contributed by atoms with Crippen LogP contribution in [0.15, 0.2) is 54.9 Å². The number of carbonyl (C=O) groups is 1. The Morgan fingerprint density at radius 3 is 2.87 bits per heavy atom. The van der Waals surface area contributed by atoms with Crippen LogP contribution in [0, 0.1) is 5.41 Å². The van der Waals surface area contributed by atoms with Gasteiger partial charge in [-0.15, -0.1) is 0 Å². The van der Waals surface area contributed by atoms with Crippen LogP contribution >= 0.6 is 0 Å². The van der Waals surface area contributed by atoms with Gasteiger partial charge in [0.25, 0.3) is 5.91 Å². The Bertz CT molecular complexity index is 1160. The van der Waals surface area contributed by atoms with Crippen LogP contribution in [0.25, 0.3) is 16.5 Å². The van der Waals surface area contributed by atoms with Gasteiger partial charge < -0.3 is 25.8 Å². The number of nitrogens with zero attached hydrogens (tertiary/aromatic N) is 1. The van der Waals surface area contributed by atoms with Crippen LogP contribution in [-0.2, 0) is 0 Å². The molecule has 1 aliphatic heterocycles. The third-order valence-corrected chi connectivity index (χ3v) is 5.56. The lowest BCUT2D eigenvalue weighted by atomic mass is 10.0. The molecular weight excluding hydrogens is 402 g/mol. The summed E-state index contributed by atoms with van der Waals surface area (Å²) < 4.78 is 29.7. The molecule has 1 saturated heterocycles. The molecule has 6 nitrogen and oxygen atoms in total. The average molecular weight is 424 g/mol. The van der Waals surface area contributed by atoms with Crippen molar-refractivity contribution in [2.45, 2.75) is 25.5 Å². The third-order valence-electron chi connectivity index (χ3n) is 5.56. The second-order valence-corrected chi connectivity index (χ2v) is 7.34. The van der Waals surface area contributed by atoms with Crippen LogP contribution in [-0.4, -0.2) is 35.2 Å².